The molecular formula is C40H28N2O. The van der Waals surface area contributed by atoms with Gasteiger partial charge >= 0.3 is 0 Å². The number of para-hydroxylation sites is 2. The van der Waals surface area contributed by atoms with E-state index in [1.807, 2.05) is 18.3 Å². The Morgan fingerprint density at radius 2 is 1.63 bits per heavy atom. The summed E-state index contributed by atoms with van der Waals surface area (Å²) in [7, 11) is 0. The molecule has 1 aliphatic heterocycles. The average molecular weight is 553 g/mol. The molecule has 2 unspecified atom stereocenters. The van der Waals surface area contributed by atoms with Gasteiger partial charge in [0.2, 0.25) is 0 Å². The number of rotatable bonds is 3. The maximum absolute atomic E-state index is 6.39. The summed E-state index contributed by atoms with van der Waals surface area (Å²) in [6.07, 6.45) is 15.5. The highest BCUT2D eigenvalue weighted by molar-refractivity contribution is 6.05. The van der Waals surface area contributed by atoms with Gasteiger partial charge in [-0.2, -0.15) is 0 Å². The molecule has 2 aromatic heterocycles. The quantitative estimate of drug-likeness (QED) is 0.238. The molecule has 0 amide bonds. The van der Waals surface area contributed by atoms with E-state index in [2.05, 4.69) is 127 Å². The molecule has 204 valence electrons. The lowest BCUT2D eigenvalue weighted by atomic mass is 9.65. The third-order valence-electron chi connectivity index (χ3n) is 9.16. The number of fused-ring (bicyclic) bond motifs is 6. The number of allylic oxidation sites excluding steroid dienone is 6. The van der Waals surface area contributed by atoms with Crippen molar-refractivity contribution in [3.05, 3.63) is 179 Å². The highest BCUT2D eigenvalue weighted by Crippen LogP contribution is 2.52. The highest BCUT2D eigenvalue weighted by atomic mass is 16.3. The minimum atomic E-state index is 0.121. The Morgan fingerprint density at radius 1 is 0.767 bits per heavy atom. The monoisotopic (exact) mass is 552 g/mol. The van der Waals surface area contributed by atoms with Crippen molar-refractivity contribution in [1.29, 1.82) is 0 Å². The third-order valence-corrected chi connectivity index (χ3v) is 9.16. The van der Waals surface area contributed by atoms with E-state index in [-0.39, 0.29) is 11.8 Å². The lowest BCUT2D eigenvalue weighted by Gasteiger charge is -2.38. The van der Waals surface area contributed by atoms with Gasteiger partial charge in [-0.15, -0.1) is 0 Å². The number of nitrogens with zero attached hydrogens (tertiary/aromatic N) is 1. The molecule has 2 aliphatic carbocycles. The molecule has 3 aliphatic rings. The second-order valence-electron chi connectivity index (χ2n) is 11.5. The molecular weight excluding hydrogens is 524 g/mol. The van der Waals surface area contributed by atoms with Gasteiger partial charge in [0, 0.05) is 52.0 Å². The second kappa shape index (κ2) is 9.57. The fourth-order valence-corrected chi connectivity index (χ4v) is 7.27. The lowest BCUT2D eigenvalue weighted by molar-refractivity contribution is 0.638. The number of benzene rings is 4. The Kier molecular flexibility index (Phi) is 5.39. The molecule has 1 N–H and O–H groups in total. The molecule has 4 aromatic carbocycles. The standard InChI is InChI=1S/C40H28N2O/c1-2-13-31-30(12-1)38(27-18-19-29-28-11-3-4-16-36(28)43-37(29)24-27)34-23-26(35-15-5-6-21-41-35)17-20-32(34)39(31)33-14-7-9-25-10-8-22-42-40(25)33/h1-20,22-24,34,38,41H,21H2. The van der Waals surface area contributed by atoms with E-state index in [0.717, 1.165) is 45.1 Å². The van der Waals surface area contributed by atoms with Crippen LogP contribution in [0.5, 0.6) is 0 Å². The summed E-state index contributed by atoms with van der Waals surface area (Å²) < 4.78 is 6.39. The van der Waals surface area contributed by atoms with Crippen LogP contribution in [0.2, 0.25) is 0 Å². The van der Waals surface area contributed by atoms with Crippen molar-refractivity contribution < 1.29 is 4.42 Å². The van der Waals surface area contributed by atoms with Crippen molar-refractivity contribution in [3.63, 3.8) is 0 Å². The largest absolute Gasteiger partial charge is 0.456 e. The van der Waals surface area contributed by atoms with Crippen LogP contribution in [0.3, 0.4) is 0 Å². The zero-order valence-corrected chi connectivity index (χ0v) is 23.5. The van der Waals surface area contributed by atoms with E-state index in [9.17, 15) is 0 Å². The first-order valence-corrected chi connectivity index (χ1v) is 14.9. The average Bonchev–Trinajstić information content (AvgIpc) is 3.45. The van der Waals surface area contributed by atoms with Crippen LogP contribution in [-0.2, 0) is 0 Å². The predicted molar refractivity (Wildman–Crippen MR) is 176 cm³/mol. The predicted octanol–water partition coefficient (Wildman–Crippen LogP) is 9.24. The van der Waals surface area contributed by atoms with E-state index in [4.69, 9.17) is 9.40 Å². The SMILES string of the molecule is C1=CCNC(C2=CC3C(=C(c4cccc5cccnc45)c4ccccc4C3c3ccc4c(c3)oc3ccccc34)C=C2)=C1. The normalized spacial score (nSPS) is 19.3. The fraction of sp³-hybridized carbons (Fsp3) is 0.0750. The molecule has 3 nitrogen and oxygen atoms in total. The summed E-state index contributed by atoms with van der Waals surface area (Å²) in [6.45, 7) is 0.840. The summed E-state index contributed by atoms with van der Waals surface area (Å²) in [6, 6.07) is 34.8. The van der Waals surface area contributed by atoms with E-state index in [0.29, 0.717) is 0 Å². The molecule has 0 bridgehead atoms. The minimum absolute atomic E-state index is 0.121. The Bertz CT molecular complexity index is 2250. The molecule has 3 heterocycles. The lowest BCUT2D eigenvalue weighted by Crippen LogP contribution is -2.25. The zero-order chi connectivity index (χ0) is 28.3. The molecule has 0 spiro atoms. The van der Waals surface area contributed by atoms with Gasteiger partial charge < -0.3 is 9.73 Å². The van der Waals surface area contributed by atoms with Crippen LogP contribution in [0.1, 0.15) is 28.2 Å². The Hall–Kier alpha value is -5.41. The van der Waals surface area contributed by atoms with Crippen LogP contribution in [0.25, 0.3) is 38.4 Å². The molecule has 0 radical (unpaired) electrons. The van der Waals surface area contributed by atoms with Crippen molar-refractivity contribution in [2.45, 2.75) is 5.92 Å². The zero-order valence-electron chi connectivity index (χ0n) is 23.5. The van der Waals surface area contributed by atoms with Crippen molar-refractivity contribution in [2.75, 3.05) is 6.54 Å². The van der Waals surface area contributed by atoms with Gasteiger partial charge in [0.1, 0.15) is 11.2 Å². The summed E-state index contributed by atoms with van der Waals surface area (Å²) in [5.74, 6) is 0.245. The van der Waals surface area contributed by atoms with Crippen molar-refractivity contribution in [2.24, 2.45) is 5.92 Å². The maximum atomic E-state index is 6.39. The van der Waals surface area contributed by atoms with E-state index < -0.39 is 0 Å². The van der Waals surface area contributed by atoms with Gasteiger partial charge in [-0.25, -0.2) is 0 Å². The smallest absolute Gasteiger partial charge is 0.135 e. The number of furan rings is 1. The molecule has 2 atom stereocenters. The minimum Gasteiger partial charge on any atom is -0.456 e. The van der Waals surface area contributed by atoms with Crippen LogP contribution in [0.15, 0.2) is 161 Å². The summed E-state index contributed by atoms with van der Waals surface area (Å²) in [4.78, 5) is 4.87. The highest BCUT2D eigenvalue weighted by Gasteiger charge is 2.37. The van der Waals surface area contributed by atoms with Crippen LogP contribution < -0.4 is 5.32 Å². The van der Waals surface area contributed by atoms with Gasteiger partial charge in [-0.3, -0.25) is 4.98 Å². The molecule has 3 heteroatoms. The van der Waals surface area contributed by atoms with E-state index in [1.54, 1.807) is 0 Å². The Morgan fingerprint density at radius 3 is 2.58 bits per heavy atom. The van der Waals surface area contributed by atoms with E-state index in [1.165, 1.54) is 39.0 Å². The Balaban J connectivity index is 1.31. The van der Waals surface area contributed by atoms with Gasteiger partial charge in [-0.1, -0.05) is 109 Å². The number of hydrogen-bond acceptors (Lipinski definition) is 3. The van der Waals surface area contributed by atoms with Crippen LogP contribution >= 0.6 is 0 Å². The van der Waals surface area contributed by atoms with Gasteiger partial charge in [0.25, 0.3) is 0 Å². The second-order valence-corrected chi connectivity index (χ2v) is 11.5. The van der Waals surface area contributed by atoms with Gasteiger partial charge in [-0.05, 0) is 57.7 Å². The first-order valence-electron chi connectivity index (χ1n) is 14.9. The summed E-state index contributed by atoms with van der Waals surface area (Å²) >= 11 is 0. The summed E-state index contributed by atoms with van der Waals surface area (Å²) in [5, 5.41) is 7.04. The van der Waals surface area contributed by atoms with Crippen LogP contribution in [0.4, 0.5) is 0 Å². The number of dihydropyridines is 1. The molecule has 43 heavy (non-hydrogen) atoms. The van der Waals surface area contributed by atoms with Crippen molar-refractivity contribution in [3.8, 4) is 0 Å². The third kappa shape index (κ3) is 3.78. The van der Waals surface area contributed by atoms with E-state index >= 15 is 0 Å². The molecule has 0 fully saturated rings. The van der Waals surface area contributed by atoms with Crippen LogP contribution in [0, 0.1) is 5.92 Å². The Labute approximate surface area is 249 Å². The van der Waals surface area contributed by atoms with Crippen LogP contribution in [-0.4, -0.2) is 11.5 Å². The maximum Gasteiger partial charge on any atom is 0.135 e. The summed E-state index contributed by atoms with van der Waals surface area (Å²) in [5.41, 5.74) is 12.9. The number of hydrogen-bond donors (Lipinski definition) is 1. The molecule has 9 rings (SSSR count). The first kappa shape index (κ1) is 24.2. The topological polar surface area (TPSA) is 38.1 Å². The first-order chi connectivity index (χ1) is 21.3. The molecule has 6 aromatic rings. The molecule has 0 saturated heterocycles. The molecule has 0 saturated carbocycles. The van der Waals surface area contributed by atoms with Crippen molar-refractivity contribution in [1.82, 2.24) is 10.3 Å². The van der Waals surface area contributed by atoms with Crippen molar-refractivity contribution >= 4 is 38.4 Å². The number of pyridine rings is 1. The fourth-order valence-electron chi connectivity index (χ4n) is 7.27. The van der Waals surface area contributed by atoms with Gasteiger partial charge in [0.05, 0.1) is 5.52 Å². The number of nitrogens with one attached hydrogen (secondary N) is 1. The van der Waals surface area contributed by atoms with Gasteiger partial charge in [0.15, 0.2) is 0 Å². The number of aromatic nitrogens is 1.